The van der Waals surface area contributed by atoms with E-state index in [4.69, 9.17) is 9.26 Å². The van der Waals surface area contributed by atoms with Crippen LogP contribution in [0.5, 0.6) is 5.88 Å². The Kier molecular flexibility index (Phi) is 5.29. The van der Waals surface area contributed by atoms with Crippen LogP contribution in [0.15, 0.2) is 64.2 Å². The van der Waals surface area contributed by atoms with Gasteiger partial charge in [0.2, 0.25) is 5.88 Å². The molecule has 34 heavy (non-hydrogen) atoms. The van der Waals surface area contributed by atoms with Crippen molar-refractivity contribution in [2.24, 2.45) is 7.05 Å². The largest absolute Gasteiger partial charge is 0.481 e. The minimum atomic E-state index is -0.0767. The highest BCUT2D eigenvalue weighted by Gasteiger charge is 2.14. The Morgan fingerprint density at radius 1 is 1.00 bits per heavy atom. The zero-order chi connectivity index (χ0) is 23.8. The van der Waals surface area contributed by atoms with Gasteiger partial charge >= 0.3 is 0 Å². The normalized spacial score (nSPS) is 11.1. The van der Waals surface area contributed by atoms with E-state index in [1.165, 1.54) is 0 Å². The fourth-order valence-electron chi connectivity index (χ4n) is 3.80. The number of aromatic nitrogens is 5. The third-order valence-corrected chi connectivity index (χ3v) is 5.65. The summed E-state index contributed by atoms with van der Waals surface area (Å²) in [6.45, 7) is 3.88. The molecule has 4 heterocycles. The maximum atomic E-state index is 13.2. The number of benzene rings is 1. The van der Waals surface area contributed by atoms with Crippen LogP contribution in [0.4, 0.5) is 11.6 Å². The Bertz CT molecular complexity index is 1570. The maximum Gasteiger partial charge on any atom is 0.268 e. The van der Waals surface area contributed by atoms with Gasteiger partial charge in [0.1, 0.15) is 0 Å². The van der Waals surface area contributed by atoms with Crippen LogP contribution in [-0.2, 0) is 7.05 Å². The maximum absolute atomic E-state index is 13.2. The van der Waals surface area contributed by atoms with Crippen molar-refractivity contribution in [3.05, 3.63) is 76.5 Å². The Labute approximate surface area is 195 Å². The SMILES string of the molecule is COc1ccc(-c2nc(Nc3ccc(C)c(-c4cc5cnc(C)cc5n(C)c4=O)c3)no2)cn1. The lowest BCUT2D eigenvalue weighted by atomic mass is 9.99. The van der Waals surface area contributed by atoms with Gasteiger partial charge in [-0.3, -0.25) is 9.78 Å². The van der Waals surface area contributed by atoms with Gasteiger partial charge in [-0.25, -0.2) is 4.98 Å². The van der Waals surface area contributed by atoms with Gasteiger partial charge in [-0.2, -0.15) is 4.98 Å². The number of methoxy groups -OCH3 is 1. The van der Waals surface area contributed by atoms with Crippen molar-refractivity contribution in [3.8, 4) is 28.5 Å². The summed E-state index contributed by atoms with van der Waals surface area (Å²) in [5, 5.41) is 8.06. The number of hydrogen-bond acceptors (Lipinski definition) is 8. The Hall–Kier alpha value is -4.53. The summed E-state index contributed by atoms with van der Waals surface area (Å²) >= 11 is 0. The summed E-state index contributed by atoms with van der Waals surface area (Å²) in [6, 6.07) is 13.1. The Morgan fingerprint density at radius 3 is 2.62 bits per heavy atom. The number of fused-ring (bicyclic) bond motifs is 1. The number of nitrogens with one attached hydrogen (secondary N) is 1. The average Bonchev–Trinajstić information content (AvgIpc) is 3.31. The average molecular weight is 454 g/mol. The van der Waals surface area contributed by atoms with Gasteiger partial charge in [-0.05, 0) is 60.5 Å². The molecule has 4 aromatic heterocycles. The zero-order valence-electron chi connectivity index (χ0n) is 19.2. The summed E-state index contributed by atoms with van der Waals surface area (Å²) < 4.78 is 12.1. The quantitative estimate of drug-likeness (QED) is 0.416. The lowest BCUT2D eigenvalue weighted by Gasteiger charge is -2.12. The second-order valence-corrected chi connectivity index (χ2v) is 7.97. The van der Waals surface area contributed by atoms with Crippen molar-refractivity contribution in [1.29, 1.82) is 0 Å². The molecule has 5 aromatic rings. The van der Waals surface area contributed by atoms with Gasteiger partial charge in [-0.15, -0.1) is 0 Å². The van der Waals surface area contributed by atoms with Crippen molar-refractivity contribution < 1.29 is 9.26 Å². The molecule has 170 valence electrons. The van der Waals surface area contributed by atoms with Crippen molar-refractivity contribution in [2.75, 3.05) is 12.4 Å². The molecule has 0 saturated carbocycles. The van der Waals surface area contributed by atoms with E-state index in [2.05, 4.69) is 25.4 Å². The number of hydrogen-bond donors (Lipinski definition) is 1. The number of nitrogens with zero attached hydrogens (tertiary/aromatic N) is 5. The molecule has 0 saturated heterocycles. The predicted octanol–water partition coefficient (Wildman–Crippen LogP) is 4.41. The standard InChI is InChI=1S/C25H22N6O3/c1-14-5-7-18(28-25-29-23(34-30-25)16-6-8-22(33-4)27-12-16)11-19(14)20-10-17-13-26-15(2)9-21(17)31(3)24(20)32/h5-13H,1-4H3,(H,28,30). The first-order chi connectivity index (χ1) is 16.4. The molecule has 0 aliphatic carbocycles. The molecule has 0 atom stereocenters. The van der Waals surface area contributed by atoms with E-state index in [9.17, 15) is 4.79 Å². The molecule has 5 rings (SSSR count). The fourth-order valence-corrected chi connectivity index (χ4v) is 3.80. The monoisotopic (exact) mass is 454 g/mol. The van der Waals surface area contributed by atoms with Crippen LogP contribution in [0.2, 0.25) is 0 Å². The van der Waals surface area contributed by atoms with Crippen LogP contribution in [-0.4, -0.2) is 31.8 Å². The summed E-state index contributed by atoms with van der Waals surface area (Å²) in [5.41, 5.74) is 5.42. The van der Waals surface area contributed by atoms with Gasteiger partial charge in [0.15, 0.2) is 0 Å². The Morgan fingerprint density at radius 2 is 1.85 bits per heavy atom. The second-order valence-electron chi connectivity index (χ2n) is 7.97. The minimum Gasteiger partial charge on any atom is -0.481 e. The molecule has 1 N–H and O–H groups in total. The number of pyridine rings is 3. The highest BCUT2D eigenvalue weighted by molar-refractivity contribution is 5.85. The van der Waals surface area contributed by atoms with E-state index in [1.54, 1.807) is 43.3 Å². The molecule has 9 nitrogen and oxygen atoms in total. The van der Waals surface area contributed by atoms with Crippen LogP contribution in [0.3, 0.4) is 0 Å². The van der Waals surface area contributed by atoms with E-state index < -0.39 is 0 Å². The molecule has 0 unspecified atom stereocenters. The molecule has 0 radical (unpaired) electrons. The molecule has 0 aliphatic rings. The molecule has 0 bridgehead atoms. The highest BCUT2D eigenvalue weighted by Crippen LogP contribution is 2.28. The van der Waals surface area contributed by atoms with E-state index in [1.807, 2.05) is 44.2 Å². The summed E-state index contributed by atoms with van der Waals surface area (Å²) in [7, 11) is 3.33. The first-order valence-electron chi connectivity index (χ1n) is 10.6. The summed E-state index contributed by atoms with van der Waals surface area (Å²) in [5.74, 6) is 1.13. The fraction of sp³-hybridized carbons (Fsp3) is 0.160. The molecule has 0 aliphatic heterocycles. The van der Waals surface area contributed by atoms with Gasteiger partial charge in [0.05, 0.1) is 18.2 Å². The van der Waals surface area contributed by atoms with E-state index in [0.29, 0.717) is 28.8 Å². The van der Waals surface area contributed by atoms with Crippen LogP contribution < -0.4 is 15.6 Å². The topological polar surface area (TPSA) is 108 Å². The van der Waals surface area contributed by atoms with Crippen LogP contribution >= 0.6 is 0 Å². The molecule has 9 heteroatoms. The minimum absolute atomic E-state index is 0.0767. The molecule has 1 aromatic carbocycles. The second kappa shape index (κ2) is 8.43. The molecule has 0 fully saturated rings. The first kappa shape index (κ1) is 21.3. The van der Waals surface area contributed by atoms with E-state index in [-0.39, 0.29) is 5.56 Å². The number of rotatable bonds is 5. The predicted molar refractivity (Wildman–Crippen MR) is 129 cm³/mol. The van der Waals surface area contributed by atoms with Crippen LogP contribution in [0.1, 0.15) is 11.3 Å². The third-order valence-electron chi connectivity index (χ3n) is 5.65. The summed E-state index contributed by atoms with van der Waals surface area (Å²) in [4.78, 5) is 26.1. The van der Waals surface area contributed by atoms with Gasteiger partial charge < -0.3 is 19.1 Å². The molecule has 0 amide bonds. The number of anilines is 2. The summed E-state index contributed by atoms with van der Waals surface area (Å²) in [6.07, 6.45) is 3.39. The Balaban J connectivity index is 1.48. The lowest BCUT2D eigenvalue weighted by Crippen LogP contribution is -2.19. The van der Waals surface area contributed by atoms with Gasteiger partial charge in [0.25, 0.3) is 17.4 Å². The lowest BCUT2D eigenvalue weighted by molar-refractivity contribution is 0.397. The molecule has 0 spiro atoms. The van der Waals surface area contributed by atoms with E-state index in [0.717, 1.165) is 33.4 Å². The third kappa shape index (κ3) is 3.88. The van der Waals surface area contributed by atoms with Crippen LogP contribution in [0, 0.1) is 13.8 Å². The number of ether oxygens (including phenoxy) is 1. The highest BCUT2D eigenvalue weighted by atomic mass is 16.5. The zero-order valence-corrected chi connectivity index (χ0v) is 19.2. The van der Waals surface area contributed by atoms with Crippen molar-refractivity contribution in [2.45, 2.75) is 13.8 Å². The van der Waals surface area contributed by atoms with Gasteiger partial charge in [-0.1, -0.05) is 6.07 Å². The van der Waals surface area contributed by atoms with Crippen LogP contribution in [0.25, 0.3) is 33.5 Å². The van der Waals surface area contributed by atoms with Crippen molar-refractivity contribution in [3.63, 3.8) is 0 Å². The number of aryl methyl sites for hydroxylation is 3. The van der Waals surface area contributed by atoms with Gasteiger partial charge in [0, 0.05) is 47.8 Å². The van der Waals surface area contributed by atoms with E-state index >= 15 is 0 Å². The van der Waals surface area contributed by atoms with Crippen molar-refractivity contribution in [1.82, 2.24) is 24.7 Å². The van der Waals surface area contributed by atoms with Crippen molar-refractivity contribution >= 4 is 22.5 Å². The molecular formula is C25H22N6O3. The first-order valence-corrected chi connectivity index (χ1v) is 10.6. The molecular weight excluding hydrogens is 432 g/mol. The smallest absolute Gasteiger partial charge is 0.268 e.